The van der Waals surface area contributed by atoms with E-state index < -0.39 is 0 Å². The summed E-state index contributed by atoms with van der Waals surface area (Å²) in [6.45, 7) is 9.55. The molecule has 2 fully saturated rings. The van der Waals surface area contributed by atoms with Crippen LogP contribution in [0.25, 0.3) is 0 Å². The Morgan fingerprint density at radius 3 is 2.90 bits per heavy atom. The topological polar surface area (TPSA) is 28.6 Å². The number of pyridine rings is 1. The summed E-state index contributed by atoms with van der Waals surface area (Å²) in [5.41, 5.74) is 1.26. The monoisotopic (exact) mass is 339 g/mol. The molecule has 110 valence electrons. The third kappa shape index (κ3) is 3.32. The number of halogens is 1. The predicted octanol–water partition coefficient (Wildman–Crippen LogP) is 2.31. The molecule has 4 nitrogen and oxygen atoms in total. The molecule has 1 aromatic heterocycles. The first-order valence-electron chi connectivity index (χ1n) is 7.39. The van der Waals surface area contributed by atoms with Gasteiger partial charge in [-0.15, -0.1) is 0 Å². The van der Waals surface area contributed by atoms with E-state index in [1.807, 2.05) is 6.20 Å². The van der Waals surface area contributed by atoms with Gasteiger partial charge in [-0.3, -0.25) is 4.90 Å². The molecule has 3 rings (SSSR count). The number of aryl methyl sites for hydroxylation is 1. The maximum atomic E-state index is 5.41. The molecule has 1 atom stereocenters. The van der Waals surface area contributed by atoms with Crippen molar-refractivity contribution in [3.63, 3.8) is 0 Å². The molecular weight excluding hydrogens is 318 g/mol. The van der Waals surface area contributed by atoms with Crippen molar-refractivity contribution in [1.82, 2.24) is 9.88 Å². The SMILES string of the molecule is Cc1cc(N2CCC(CN3CCOCC3)C2)ncc1Br. The molecule has 1 aromatic rings. The van der Waals surface area contributed by atoms with E-state index >= 15 is 0 Å². The van der Waals surface area contributed by atoms with Crippen molar-refractivity contribution >= 4 is 21.7 Å². The van der Waals surface area contributed by atoms with Gasteiger partial charge in [0.25, 0.3) is 0 Å². The average molecular weight is 340 g/mol. The lowest BCUT2D eigenvalue weighted by Crippen LogP contribution is -2.39. The van der Waals surface area contributed by atoms with Gasteiger partial charge in [0, 0.05) is 43.4 Å². The molecule has 0 bridgehead atoms. The summed E-state index contributed by atoms with van der Waals surface area (Å²) < 4.78 is 6.50. The normalized spacial score (nSPS) is 24.3. The van der Waals surface area contributed by atoms with Gasteiger partial charge >= 0.3 is 0 Å². The highest BCUT2D eigenvalue weighted by atomic mass is 79.9. The Hall–Kier alpha value is -0.650. The van der Waals surface area contributed by atoms with Crippen LogP contribution >= 0.6 is 15.9 Å². The van der Waals surface area contributed by atoms with Gasteiger partial charge in [-0.1, -0.05) is 0 Å². The summed E-state index contributed by atoms with van der Waals surface area (Å²) in [5, 5.41) is 0. The molecule has 20 heavy (non-hydrogen) atoms. The fraction of sp³-hybridized carbons (Fsp3) is 0.667. The van der Waals surface area contributed by atoms with Crippen molar-refractivity contribution < 1.29 is 4.74 Å². The number of nitrogens with zero attached hydrogens (tertiary/aromatic N) is 3. The van der Waals surface area contributed by atoms with Crippen LogP contribution in [0.2, 0.25) is 0 Å². The Bertz CT molecular complexity index is 462. The summed E-state index contributed by atoms with van der Waals surface area (Å²) in [4.78, 5) is 9.51. The Kier molecular flexibility index (Phi) is 4.58. The molecule has 2 aliphatic rings. The van der Waals surface area contributed by atoms with Crippen LogP contribution in [0.5, 0.6) is 0 Å². The number of rotatable bonds is 3. The number of morpholine rings is 1. The number of aromatic nitrogens is 1. The fourth-order valence-electron chi connectivity index (χ4n) is 3.04. The lowest BCUT2D eigenvalue weighted by Gasteiger charge is -2.29. The first kappa shape index (κ1) is 14.3. The molecule has 1 unspecified atom stereocenters. The van der Waals surface area contributed by atoms with Crippen LogP contribution in [0.3, 0.4) is 0 Å². The minimum atomic E-state index is 0.763. The largest absolute Gasteiger partial charge is 0.379 e. The van der Waals surface area contributed by atoms with E-state index in [0.29, 0.717) is 0 Å². The highest BCUT2D eigenvalue weighted by Crippen LogP contribution is 2.26. The summed E-state index contributed by atoms with van der Waals surface area (Å²) >= 11 is 3.52. The molecule has 5 heteroatoms. The van der Waals surface area contributed by atoms with Crippen LogP contribution in [0.1, 0.15) is 12.0 Å². The molecule has 3 heterocycles. The summed E-state index contributed by atoms with van der Waals surface area (Å²) in [5.74, 6) is 1.88. The second-order valence-corrected chi connectivity index (χ2v) is 6.66. The molecule has 0 amide bonds. The van der Waals surface area contributed by atoms with Gasteiger partial charge in [0.2, 0.25) is 0 Å². The number of hydrogen-bond donors (Lipinski definition) is 0. The number of anilines is 1. The molecule has 2 aliphatic heterocycles. The van der Waals surface area contributed by atoms with Gasteiger partial charge in [-0.05, 0) is 46.8 Å². The van der Waals surface area contributed by atoms with E-state index in [0.717, 1.165) is 55.6 Å². The molecule has 0 aromatic carbocycles. The van der Waals surface area contributed by atoms with Crippen molar-refractivity contribution in [1.29, 1.82) is 0 Å². The van der Waals surface area contributed by atoms with Crippen molar-refractivity contribution in [2.24, 2.45) is 5.92 Å². The lowest BCUT2D eigenvalue weighted by molar-refractivity contribution is 0.0320. The Morgan fingerprint density at radius 2 is 2.15 bits per heavy atom. The van der Waals surface area contributed by atoms with Crippen molar-refractivity contribution in [2.75, 3.05) is 50.8 Å². The van der Waals surface area contributed by atoms with Crippen LogP contribution in [0.15, 0.2) is 16.7 Å². The van der Waals surface area contributed by atoms with Gasteiger partial charge < -0.3 is 9.64 Å². The molecule has 0 aliphatic carbocycles. The van der Waals surface area contributed by atoms with Gasteiger partial charge in [-0.25, -0.2) is 4.98 Å². The maximum absolute atomic E-state index is 5.41. The van der Waals surface area contributed by atoms with Crippen molar-refractivity contribution in [2.45, 2.75) is 13.3 Å². The highest BCUT2D eigenvalue weighted by molar-refractivity contribution is 9.10. The summed E-state index contributed by atoms with van der Waals surface area (Å²) in [6.07, 6.45) is 3.19. The maximum Gasteiger partial charge on any atom is 0.128 e. The second kappa shape index (κ2) is 6.41. The van der Waals surface area contributed by atoms with Crippen LogP contribution in [-0.2, 0) is 4.74 Å². The Labute approximate surface area is 129 Å². The third-order valence-corrected chi connectivity index (χ3v) is 5.09. The van der Waals surface area contributed by atoms with Crippen LogP contribution in [0.4, 0.5) is 5.82 Å². The summed E-state index contributed by atoms with van der Waals surface area (Å²) in [6, 6.07) is 2.18. The molecule has 0 radical (unpaired) electrons. The van der Waals surface area contributed by atoms with E-state index in [-0.39, 0.29) is 0 Å². The second-order valence-electron chi connectivity index (χ2n) is 5.81. The number of ether oxygens (including phenoxy) is 1. The Morgan fingerprint density at radius 1 is 1.35 bits per heavy atom. The minimum absolute atomic E-state index is 0.763. The van der Waals surface area contributed by atoms with E-state index in [4.69, 9.17) is 4.74 Å². The molecule has 0 saturated carbocycles. The zero-order chi connectivity index (χ0) is 13.9. The van der Waals surface area contributed by atoms with Gasteiger partial charge in [-0.2, -0.15) is 0 Å². The average Bonchev–Trinajstić information content (AvgIpc) is 2.91. The molecule has 0 spiro atoms. The summed E-state index contributed by atoms with van der Waals surface area (Å²) in [7, 11) is 0. The van der Waals surface area contributed by atoms with Crippen LogP contribution in [-0.4, -0.2) is 55.8 Å². The van der Waals surface area contributed by atoms with Crippen molar-refractivity contribution in [3.8, 4) is 0 Å². The van der Waals surface area contributed by atoms with E-state index in [1.54, 1.807) is 0 Å². The minimum Gasteiger partial charge on any atom is -0.379 e. The predicted molar refractivity (Wildman–Crippen MR) is 84.3 cm³/mol. The first-order valence-corrected chi connectivity index (χ1v) is 8.19. The zero-order valence-corrected chi connectivity index (χ0v) is 13.6. The molecule has 2 saturated heterocycles. The molecule has 0 N–H and O–H groups in total. The highest BCUT2D eigenvalue weighted by Gasteiger charge is 2.26. The first-order chi connectivity index (χ1) is 9.72. The van der Waals surface area contributed by atoms with Crippen molar-refractivity contribution in [3.05, 3.63) is 22.3 Å². The quantitative estimate of drug-likeness (QED) is 0.844. The van der Waals surface area contributed by atoms with E-state index in [9.17, 15) is 0 Å². The van der Waals surface area contributed by atoms with Crippen LogP contribution < -0.4 is 4.90 Å². The number of hydrogen-bond acceptors (Lipinski definition) is 4. The molecular formula is C15H22BrN3O. The van der Waals surface area contributed by atoms with Crippen LogP contribution in [0, 0.1) is 12.8 Å². The van der Waals surface area contributed by atoms with Gasteiger partial charge in [0.1, 0.15) is 5.82 Å². The van der Waals surface area contributed by atoms with Gasteiger partial charge in [0.05, 0.1) is 13.2 Å². The van der Waals surface area contributed by atoms with Gasteiger partial charge in [0.15, 0.2) is 0 Å². The fourth-order valence-corrected chi connectivity index (χ4v) is 3.25. The standard InChI is InChI=1S/C15H22BrN3O/c1-12-8-15(17-9-14(12)16)19-3-2-13(11-19)10-18-4-6-20-7-5-18/h8-9,13H,2-7,10-11H2,1H3. The smallest absolute Gasteiger partial charge is 0.128 e. The van der Waals surface area contributed by atoms with E-state index in [1.165, 1.54) is 18.5 Å². The van der Waals surface area contributed by atoms with E-state index in [2.05, 4.69) is 43.7 Å². The third-order valence-electron chi connectivity index (χ3n) is 4.26. The lowest BCUT2D eigenvalue weighted by atomic mass is 10.1. The zero-order valence-electron chi connectivity index (χ0n) is 12.0. The Balaban J connectivity index is 1.57.